The third-order valence-corrected chi connectivity index (χ3v) is 5.17. The lowest BCUT2D eigenvalue weighted by Gasteiger charge is -2.10. The predicted octanol–water partition coefficient (Wildman–Crippen LogP) is 3.41. The Morgan fingerprint density at radius 1 is 1.17 bits per heavy atom. The van der Waals surface area contributed by atoms with E-state index in [1.54, 1.807) is 6.92 Å². The number of amides is 2. The second-order valence-corrected chi connectivity index (χ2v) is 7.51. The number of nitrogens with two attached hydrogens (primary N) is 1. The zero-order valence-electron chi connectivity index (χ0n) is 18.6. The maximum Gasteiger partial charge on any atom is 0.321 e. The van der Waals surface area contributed by atoms with Gasteiger partial charge in [-0.2, -0.15) is 0 Å². The van der Waals surface area contributed by atoms with Crippen LogP contribution < -0.4 is 16.4 Å². The van der Waals surface area contributed by atoms with Gasteiger partial charge in [0.05, 0.1) is 28.6 Å². The highest BCUT2D eigenvalue weighted by Crippen LogP contribution is 2.30. The van der Waals surface area contributed by atoms with Gasteiger partial charge in [0.15, 0.2) is 29.0 Å². The third kappa shape index (κ3) is 4.04. The van der Waals surface area contributed by atoms with Crippen LogP contribution in [0, 0.1) is 17.5 Å². The zero-order valence-corrected chi connectivity index (χ0v) is 18.6. The number of halogens is 3. The second-order valence-electron chi connectivity index (χ2n) is 7.51. The van der Waals surface area contributed by atoms with Crippen molar-refractivity contribution >= 4 is 28.8 Å². The van der Waals surface area contributed by atoms with Crippen LogP contribution in [0.2, 0.25) is 0 Å². The van der Waals surface area contributed by atoms with E-state index >= 15 is 4.39 Å². The monoisotopic (exact) mass is 494 g/mol. The lowest BCUT2D eigenvalue weighted by atomic mass is 10.1. The number of anilines is 2. The van der Waals surface area contributed by atoms with Crippen molar-refractivity contribution in [1.29, 1.82) is 0 Å². The Bertz CT molecular complexity index is 1610. The largest absolute Gasteiger partial charge is 0.382 e. The van der Waals surface area contributed by atoms with Crippen LogP contribution >= 0.6 is 0 Å². The van der Waals surface area contributed by atoms with E-state index in [1.807, 2.05) is 0 Å². The first-order valence-corrected chi connectivity index (χ1v) is 10.6. The number of carbonyl (C=O) groups is 1. The quantitative estimate of drug-likeness (QED) is 0.292. The molecule has 5 rings (SSSR count). The van der Waals surface area contributed by atoms with Gasteiger partial charge in [-0.1, -0.05) is 6.07 Å². The molecule has 3 heterocycles. The smallest absolute Gasteiger partial charge is 0.321 e. The number of H-pyrrole nitrogens is 1. The summed E-state index contributed by atoms with van der Waals surface area (Å²) in [4.78, 5) is 27.3. The maximum atomic E-state index is 15.0. The van der Waals surface area contributed by atoms with Crippen LogP contribution in [0.3, 0.4) is 0 Å². The van der Waals surface area contributed by atoms with Crippen molar-refractivity contribution in [3.8, 4) is 28.5 Å². The van der Waals surface area contributed by atoms with Crippen molar-refractivity contribution in [1.82, 2.24) is 40.0 Å². The van der Waals surface area contributed by atoms with Gasteiger partial charge in [-0.3, -0.25) is 9.88 Å². The molecule has 0 radical (unpaired) electrons. The fraction of sp³-hybridized carbons (Fsp3) is 0.0909. The molecule has 182 valence electrons. The van der Waals surface area contributed by atoms with E-state index in [4.69, 9.17) is 5.73 Å². The number of rotatable bonds is 5. The van der Waals surface area contributed by atoms with Crippen LogP contribution in [0.25, 0.3) is 39.5 Å². The van der Waals surface area contributed by atoms with E-state index in [-0.39, 0.29) is 40.2 Å². The van der Waals surface area contributed by atoms with Crippen molar-refractivity contribution < 1.29 is 18.0 Å². The minimum atomic E-state index is -1.12. The summed E-state index contributed by atoms with van der Waals surface area (Å²) in [7, 11) is 0. The second kappa shape index (κ2) is 8.98. The number of urea groups is 1. The molecule has 0 fully saturated rings. The van der Waals surface area contributed by atoms with Gasteiger partial charge in [0.2, 0.25) is 5.95 Å². The average molecular weight is 494 g/mol. The van der Waals surface area contributed by atoms with E-state index in [1.165, 1.54) is 36.8 Å². The molecule has 0 atom stereocenters. The van der Waals surface area contributed by atoms with Gasteiger partial charge in [-0.15, -0.1) is 10.2 Å². The molecular weight excluding hydrogens is 477 g/mol. The molecule has 11 nitrogen and oxygen atoms in total. The molecule has 2 aromatic carbocycles. The Morgan fingerprint density at radius 2 is 2.00 bits per heavy atom. The molecule has 3 aromatic heterocycles. The number of nitrogens with zero attached hydrogens (tertiary/aromatic N) is 6. The molecule has 0 aliphatic heterocycles. The first kappa shape index (κ1) is 22.8. The van der Waals surface area contributed by atoms with Crippen LogP contribution in [0.15, 0.2) is 42.9 Å². The zero-order chi connectivity index (χ0) is 25.4. The number of aromatic amines is 1. The van der Waals surface area contributed by atoms with Gasteiger partial charge in [0.1, 0.15) is 12.1 Å². The summed E-state index contributed by atoms with van der Waals surface area (Å²) in [5.41, 5.74) is 6.61. The summed E-state index contributed by atoms with van der Waals surface area (Å²) in [6.45, 7) is 2.18. The van der Waals surface area contributed by atoms with Gasteiger partial charge in [-0.05, 0) is 25.1 Å². The molecule has 2 amide bonds. The normalized spacial score (nSPS) is 11.1. The Labute approximate surface area is 200 Å². The first-order chi connectivity index (χ1) is 17.4. The molecule has 0 saturated carbocycles. The Hall–Kier alpha value is -5.01. The van der Waals surface area contributed by atoms with Gasteiger partial charge in [-0.25, -0.2) is 32.9 Å². The summed E-state index contributed by atoms with van der Waals surface area (Å²) in [6.07, 6.45) is 2.42. The molecule has 14 heteroatoms. The standard InChI is InChI=1S/C22H17F3N10O/c1-2-27-22(36)33-21-31-13-6-10(12(24)7-14(13)32-21)15-8-28-19(26)18(30-15)20-34-29-9-35(20)16-5-3-4-11(23)17(16)25/h3-9H,2H2,1H3,(H2,26,28)(H3,27,31,32,33,36). The fourth-order valence-electron chi connectivity index (χ4n) is 3.54. The number of nitrogens with one attached hydrogen (secondary N) is 3. The predicted molar refractivity (Wildman–Crippen MR) is 124 cm³/mol. The molecule has 0 unspecified atom stereocenters. The van der Waals surface area contributed by atoms with Crippen molar-refractivity contribution in [3.05, 3.63) is 60.3 Å². The van der Waals surface area contributed by atoms with Crippen molar-refractivity contribution in [3.63, 3.8) is 0 Å². The topological polar surface area (TPSA) is 152 Å². The minimum Gasteiger partial charge on any atom is -0.382 e. The third-order valence-electron chi connectivity index (χ3n) is 5.17. The van der Waals surface area contributed by atoms with Crippen LogP contribution in [0.1, 0.15) is 6.92 Å². The number of imidazole rings is 1. The number of benzene rings is 2. The summed E-state index contributed by atoms with van der Waals surface area (Å²) in [5.74, 6) is -2.82. The van der Waals surface area contributed by atoms with E-state index in [0.717, 1.165) is 10.6 Å². The summed E-state index contributed by atoms with van der Waals surface area (Å²) in [5, 5.41) is 12.8. The highest BCUT2D eigenvalue weighted by atomic mass is 19.2. The minimum absolute atomic E-state index is 0.0196. The molecule has 0 spiro atoms. The van der Waals surface area contributed by atoms with Crippen LogP contribution in [0.5, 0.6) is 0 Å². The Kier molecular flexibility index (Phi) is 5.68. The van der Waals surface area contributed by atoms with Crippen LogP contribution in [-0.4, -0.2) is 47.3 Å². The van der Waals surface area contributed by atoms with E-state index in [0.29, 0.717) is 17.6 Å². The molecule has 0 saturated heterocycles. The molecular formula is C22H17F3N10O. The lowest BCUT2D eigenvalue weighted by molar-refractivity contribution is 0.252. The Balaban J connectivity index is 1.57. The summed E-state index contributed by atoms with van der Waals surface area (Å²) in [6, 6.07) is 5.78. The lowest BCUT2D eigenvalue weighted by Crippen LogP contribution is -2.28. The number of carbonyl (C=O) groups excluding carboxylic acids is 1. The molecule has 0 aliphatic carbocycles. The summed E-state index contributed by atoms with van der Waals surface area (Å²) >= 11 is 0. The number of nitrogen functional groups attached to an aromatic ring is 1. The highest BCUT2D eigenvalue weighted by molar-refractivity contribution is 5.90. The number of aromatic nitrogens is 7. The highest BCUT2D eigenvalue weighted by Gasteiger charge is 2.21. The van der Waals surface area contributed by atoms with Crippen LogP contribution in [0.4, 0.5) is 29.7 Å². The van der Waals surface area contributed by atoms with E-state index in [2.05, 4.69) is 40.8 Å². The number of hydrogen-bond acceptors (Lipinski definition) is 7. The maximum absolute atomic E-state index is 15.0. The SMILES string of the molecule is CCNC(=O)Nc1nc2cc(-c3cnc(N)c(-c4nncn4-c4cccc(F)c4F)n3)c(F)cc2[nH]1. The average Bonchev–Trinajstić information content (AvgIpc) is 3.47. The number of hydrogen-bond donors (Lipinski definition) is 4. The van der Waals surface area contributed by atoms with Gasteiger partial charge in [0.25, 0.3) is 0 Å². The van der Waals surface area contributed by atoms with Gasteiger partial charge < -0.3 is 16.0 Å². The molecule has 5 N–H and O–H groups in total. The fourth-order valence-corrected chi connectivity index (χ4v) is 3.54. The first-order valence-electron chi connectivity index (χ1n) is 10.6. The molecule has 0 bridgehead atoms. The number of fused-ring (bicyclic) bond motifs is 1. The molecule has 0 aliphatic rings. The van der Waals surface area contributed by atoms with Crippen molar-refractivity contribution in [2.75, 3.05) is 17.6 Å². The van der Waals surface area contributed by atoms with Gasteiger partial charge >= 0.3 is 6.03 Å². The van der Waals surface area contributed by atoms with Gasteiger partial charge in [0, 0.05) is 18.2 Å². The molecule has 5 aromatic rings. The Morgan fingerprint density at radius 3 is 2.81 bits per heavy atom. The van der Waals surface area contributed by atoms with Crippen molar-refractivity contribution in [2.45, 2.75) is 6.92 Å². The molecule has 36 heavy (non-hydrogen) atoms. The van der Waals surface area contributed by atoms with E-state index < -0.39 is 23.5 Å². The van der Waals surface area contributed by atoms with Crippen molar-refractivity contribution in [2.24, 2.45) is 0 Å². The van der Waals surface area contributed by atoms with E-state index in [9.17, 15) is 13.6 Å². The summed E-state index contributed by atoms with van der Waals surface area (Å²) < 4.78 is 44.4. The van der Waals surface area contributed by atoms with Crippen LogP contribution in [-0.2, 0) is 0 Å².